The number of benzene rings is 5. The fourth-order valence-electron chi connectivity index (χ4n) is 4.64. The number of rotatable bonds is 6. The van der Waals surface area contributed by atoms with Gasteiger partial charge in [-0.25, -0.2) is 4.98 Å². The average Bonchev–Trinajstić information content (AvgIpc) is 3.40. The minimum absolute atomic E-state index is 0.0945. The van der Waals surface area contributed by atoms with Gasteiger partial charge in [-0.1, -0.05) is 72.8 Å². The van der Waals surface area contributed by atoms with Crippen molar-refractivity contribution in [3.05, 3.63) is 138 Å². The minimum atomic E-state index is -0.108. The van der Waals surface area contributed by atoms with Crippen LogP contribution in [0.15, 0.2) is 115 Å². The smallest absolute Gasteiger partial charge is 0.193 e. The molecule has 4 N–H and O–H groups in total. The predicted molar refractivity (Wildman–Crippen MR) is 159 cm³/mol. The summed E-state index contributed by atoms with van der Waals surface area (Å²) < 4.78 is 0.968. The Morgan fingerprint density at radius 2 is 1.13 bits per heavy atom. The lowest BCUT2D eigenvalue weighted by Gasteiger charge is -2.10. The molecule has 188 valence electrons. The van der Waals surface area contributed by atoms with Crippen LogP contribution >= 0.6 is 11.3 Å². The SMILES string of the molecule is Nc1ccc(-c2ccc3sc(-c4ccc(N)cc4C(=O)c4ccccc4)nc3c2)c(C(=O)c2ccccc2)c1. The first-order valence-electron chi connectivity index (χ1n) is 12.4. The van der Waals surface area contributed by atoms with Gasteiger partial charge in [-0.15, -0.1) is 11.3 Å². The second-order valence-electron chi connectivity index (χ2n) is 9.20. The van der Waals surface area contributed by atoms with Crippen molar-refractivity contribution in [1.29, 1.82) is 0 Å². The summed E-state index contributed by atoms with van der Waals surface area (Å²) in [6, 6.07) is 35.0. The van der Waals surface area contributed by atoms with E-state index in [2.05, 4.69) is 0 Å². The largest absolute Gasteiger partial charge is 0.399 e. The summed E-state index contributed by atoms with van der Waals surface area (Å²) in [5.41, 5.74) is 18.5. The number of hydrogen-bond donors (Lipinski definition) is 2. The molecule has 5 nitrogen and oxygen atoms in total. The number of ketones is 2. The highest BCUT2D eigenvalue weighted by molar-refractivity contribution is 7.21. The molecule has 0 atom stereocenters. The van der Waals surface area contributed by atoms with Crippen LogP contribution in [0, 0.1) is 0 Å². The molecule has 39 heavy (non-hydrogen) atoms. The molecule has 0 saturated heterocycles. The monoisotopic (exact) mass is 525 g/mol. The van der Waals surface area contributed by atoms with Gasteiger partial charge in [-0.2, -0.15) is 0 Å². The Balaban J connectivity index is 1.43. The van der Waals surface area contributed by atoms with Crippen LogP contribution in [0.4, 0.5) is 11.4 Å². The highest BCUT2D eigenvalue weighted by Crippen LogP contribution is 2.37. The molecule has 5 aromatic carbocycles. The van der Waals surface area contributed by atoms with Crippen molar-refractivity contribution in [2.24, 2.45) is 0 Å². The van der Waals surface area contributed by atoms with Gasteiger partial charge in [0.1, 0.15) is 5.01 Å². The molecule has 6 heteroatoms. The van der Waals surface area contributed by atoms with Crippen LogP contribution in [0.5, 0.6) is 0 Å². The molecule has 0 fully saturated rings. The zero-order chi connectivity index (χ0) is 26.9. The van der Waals surface area contributed by atoms with Gasteiger partial charge < -0.3 is 11.5 Å². The maximum absolute atomic E-state index is 13.4. The molecule has 0 unspecified atom stereocenters. The summed E-state index contributed by atoms with van der Waals surface area (Å²) >= 11 is 1.51. The number of nitrogens with zero attached hydrogens (tertiary/aromatic N) is 1. The molecule has 0 spiro atoms. The summed E-state index contributed by atoms with van der Waals surface area (Å²) in [6.07, 6.45) is 0. The Bertz CT molecular complexity index is 1760. The Labute approximate surface area is 229 Å². The molecule has 0 aliphatic rings. The Hall–Kier alpha value is -5.07. The van der Waals surface area contributed by atoms with Gasteiger partial charge >= 0.3 is 0 Å². The third-order valence-corrected chi connectivity index (χ3v) is 7.65. The Kier molecular flexibility index (Phi) is 6.23. The number of fused-ring (bicyclic) bond motifs is 1. The fourth-order valence-corrected chi connectivity index (χ4v) is 5.62. The first kappa shape index (κ1) is 24.3. The van der Waals surface area contributed by atoms with Gasteiger partial charge in [-0.05, 0) is 53.6 Å². The standard InChI is InChI=1S/C33H23N3O2S/c34-23-12-14-25(27(18-23)31(37)20-7-3-1-4-8-20)22-11-16-30-29(17-22)36-33(39-30)26-15-13-24(35)19-28(26)32(38)21-9-5-2-6-10-21/h1-19H,34-35H2. The van der Waals surface area contributed by atoms with E-state index in [0.717, 1.165) is 31.9 Å². The lowest BCUT2D eigenvalue weighted by Crippen LogP contribution is -2.04. The average molecular weight is 526 g/mol. The van der Waals surface area contributed by atoms with Gasteiger partial charge in [0, 0.05) is 39.2 Å². The van der Waals surface area contributed by atoms with Crippen molar-refractivity contribution in [1.82, 2.24) is 4.98 Å². The molecule has 0 bridgehead atoms. The van der Waals surface area contributed by atoms with E-state index in [4.69, 9.17) is 16.5 Å². The maximum atomic E-state index is 13.4. The van der Waals surface area contributed by atoms with Crippen LogP contribution in [0.1, 0.15) is 31.8 Å². The van der Waals surface area contributed by atoms with Gasteiger partial charge in [0.05, 0.1) is 10.2 Å². The van der Waals surface area contributed by atoms with E-state index >= 15 is 0 Å². The van der Waals surface area contributed by atoms with Gasteiger partial charge in [0.2, 0.25) is 0 Å². The van der Waals surface area contributed by atoms with Crippen LogP contribution < -0.4 is 11.5 Å². The quantitative estimate of drug-likeness (QED) is 0.176. The van der Waals surface area contributed by atoms with Gasteiger partial charge in [0.15, 0.2) is 11.6 Å². The highest BCUT2D eigenvalue weighted by Gasteiger charge is 2.19. The summed E-state index contributed by atoms with van der Waals surface area (Å²) in [5, 5.41) is 0.722. The van der Waals surface area contributed by atoms with Crippen LogP contribution in [0.25, 0.3) is 31.9 Å². The van der Waals surface area contributed by atoms with Crippen LogP contribution in [-0.2, 0) is 0 Å². The summed E-state index contributed by atoms with van der Waals surface area (Å²) in [4.78, 5) is 31.7. The van der Waals surface area contributed by atoms with Crippen molar-refractivity contribution < 1.29 is 9.59 Å². The number of hydrogen-bond acceptors (Lipinski definition) is 6. The predicted octanol–water partition coefficient (Wildman–Crippen LogP) is 7.26. The number of nitrogens with two attached hydrogens (primary N) is 2. The number of nitrogen functional groups attached to an aromatic ring is 2. The lowest BCUT2D eigenvalue weighted by molar-refractivity contribution is 0.103. The summed E-state index contributed by atoms with van der Waals surface area (Å²) in [7, 11) is 0. The third-order valence-electron chi connectivity index (χ3n) is 6.58. The second-order valence-corrected chi connectivity index (χ2v) is 10.2. The van der Waals surface area contributed by atoms with E-state index in [0.29, 0.717) is 33.6 Å². The maximum Gasteiger partial charge on any atom is 0.193 e. The van der Waals surface area contributed by atoms with Crippen LogP contribution in [0.3, 0.4) is 0 Å². The highest BCUT2D eigenvalue weighted by atomic mass is 32.1. The number of anilines is 2. The van der Waals surface area contributed by atoms with Crippen molar-refractivity contribution >= 4 is 44.5 Å². The van der Waals surface area contributed by atoms with Crippen molar-refractivity contribution in [2.45, 2.75) is 0 Å². The van der Waals surface area contributed by atoms with Crippen molar-refractivity contribution in [3.8, 4) is 21.7 Å². The van der Waals surface area contributed by atoms with E-state index in [9.17, 15) is 9.59 Å². The lowest BCUT2D eigenvalue weighted by atomic mass is 9.93. The van der Waals surface area contributed by atoms with Crippen molar-refractivity contribution in [3.63, 3.8) is 0 Å². The number of carbonyl (C=O) groups is 2. The minimum Gasteiger partial charge on any atom is -0.399 e. The molecule has 6 aromatic rings. The zero-order valence-electron chi connectivity index (χ0n) is 20.8. The molecular formula is C33H23N3O2S. The Morgan fingerprint density at radius 1 is 0.590 bits per heavy atom. The molecule has 1 heterocycles. The molecule has 0 aliphatic carbocycles. The molecule has 0 aliphatic heterocycles. The number of carbonyl (C=O) groups excluding carboxylic acids is 2. The van der Waals surface area contributed by atoms with E-state index in [1.54, 1.807) is 48.5 Å². The molecule has 0 radical (unpaired) electrons. The molecule has 0 amide bonds. The van der Waals surface area contributed by atoms with Gasteiger partial charge in [-0.3, -0.25) is 9.59 Å². The summed E-state index contributed by atoms with van der Waals surface area (Å²) in [6.45, 7) is 0. The number of aromatic nitrogens is 1. The molecule has 1 aromatic heterocycles. The third kappa shape index (κ3) is 4.69. The van der Waals surface area contributed by atoms with E-state index in [-0.39, 0.29) is 11.6 Å². The first-order valence-corrected chi connectivity index (χ1v) is 13.2. The molecular weight excluding hydrogens is 502 g/mol. The van der Waals surface area contributed by atoms with Crippen LogP contribution in [-0.4, -0.2) is 16.6 Å². The zero-order valence-corrected chi connectivity index (χ0v) is 21.6. The second kappa shape index (κ2) is 10.0. The van der Waals surface area contributed by atoms with E-state index in [1.807, 2.05) is 66.7 Å². The van der Waals surface area contributed by atoms with Crippen molar-refractivity contribution in [2.75, 3.05) is 11.5 Å². The fraction of sp³-hybridized carbons (Fsp3) is 0. The molecule has 0 saturated carbocycles. The molecule has 6 rings (SSSR count). The van der Waals surface area contributed by atoms with E-state index in [1.165, 1.54) is 11.3 Å². The normalized spacial score (nSPS) is 11.0. The van der Waals surface area contributed by atoms with E-state index < -0.39 is 0 Å². The first-order chi connectivity index (χ1) is 19.0. The van der Waals surface area contributed by atoms with Gasteiger partial charge in [0.25, 0.3) is 0 Å². The topological polar surface area (TPSA) is 99.1 Å². The number of thiazole rings is 1. The van der Waals surface area contributed by atoms with Crippen LogP contribution in [0.2, 0.25) is 0 Å². The summed E-state index contributed by atoms with van der Waals surface area (Å²) in [5.74, 6) is -0.202. The Morgan fingerprint density at radius 3 is 1.72 bits per heavy atom.